The summed E-state index contributed by atoms with van der Waals surface area (Å²) in [5.74, 6) is 0.999. The minimum atomic E-state index is -4.36. The molecule has 0 unspecified atom stereocenters. The van der Waals surface area contributed by atoms with Crippen molar-refractivity contribution in [2.24, 2.45) is 0 Å². The first-order valence-electron chi connectivity index (χ1n) is 6.63. The van der Waals surface area contributed by atoms with Crippen LogP contribution in [-0.2, 0) is 6.18 Å². The molecule has 0 aliphatic heterocycles. The number of nitrogens with zero attached hydrogens (tertiary/aromatic N) is 4. The topological polar surface area (TPSA) is 55.6 Å². The quantitative estimate of drug-likeness (QED) is 0.789. The van der Waals surface area contributed by atoms with E-state index in [0.29, 0.717) is 23.0 Å². The molecular weight excluding hydrogens is 327 g/mol. The van der Waals surface area contributed by atoms with Crippen LogP contribution in [0.5, 0.6) is 0 Å². The standard InChI is InChI=1S/C14H12F3N5S/c1-8-19-12(11-7-23-13(18-2)20-11)22(21-8)10-5-3-9(4-6-10)14(15,16)17/h3-7H,1-2H3,(H,18,20). The van der Waals surface area contributed by atoms with E-state index >= 15 is 0 Å². The molecule has 0 radical (unpaired) electrons. The van der Waals surface area contributed by atoms with Crippen molar-refractivity contribution in [2.45, 2.75) is 13.1 Å². The number of halogens is 3. The molecule has 0 atom stereocenters. The molecule has 0 amide bonds. The van der Waals surface area contributed by atoms with Crippen LogP contribution >= 0.6 is 11.3 Å². The molecule has 0 bridgehead atoms. The van der Waals surface area contributed by atoms with Gasteiger partial charge in [0.05, 0.1) is 11.3 Å². The highest BCUT2D eigenvalue weighted by atomic mass is 32.1. The average molecular weight is 339 g/mol. The van der Waals surface area contributed by atoms with E-state index in [4.69, 9.17) is 0 Å². The van der Waals surface area contributed by atoms with Crippen molar-refractivity contribution < 1.29 is 13.2 Å². The molecule has 0 saturated heterocycles. The van der Waals surface area contributed by atoms with Crippen LogP contribution < -0.4 is 5.32 Å². The third-order valence-electron chi connectivity index (χ3n) is 3.10. The van der Waals surface area contributed by atoms with Crippen LogP contribution in [0.1, 0.15) is 11.4 Å². The molecule has 5 nitrogen and oxygen atoms in total. The lowest BCUT2D eigenvalue weighted by atomic mass is 10.2. The molecule has 0 spiro atoms. The van der Waals surface area contributed by atoms with Gasteiger partial charge in [0.15, 0.2) is 11.0 Å². The molecule has 120 valence electrons. The Morgan fingerprint density at radius 2 is 1.83 bits per heavy atom. The number of rotatable bonds is 3. The smallest absolute Gasteiger partial charge is 0.365 e. The van der Waals surface area contributed by atoms with Crippen molar-refractivity contribution in [2.75, 3.05) is 12.4 Å². The fraction of sp³-hybridized carbons (Fsp3) is 0.214. The summed E-state index contributed by atoms with van der Waals surface area (Å²) >= 11 is 1.41. The summed E-state index contributed by atoms with van der Waals surface area (Å²) in [5, 5.41) is 9.72. The number of hydrogen-bond donors (Lipinski definition) is 1. The van der Waals surface area contributed by atoms with Crippen LogP contribution in [0.2, 0.25) is 0 Å². The molecule has 3 aromatic rings. The summed E-state index contributed by atoms with van der Waals surface area (Å²) in [6, 6.07) is 4.78. The number of alkyl halides is 3. The first-order valence-corrected chi connectivity index (χ1v) is 7.51. The first-order chi connectivity index (χ1) is 10.9. The Balaban J connectivity index is 2.03. The molecule has 0 aliphatic rings. The third kappa shape index (κ3) is 3.04. The molecule has 2 heterocycles. The van der Waals surface area contributed by atoms with E-state index in [9.17, 15) is 13.2 Å². The number of benzene rings is 1. The van der Waals surface area contributed by atoms with Crippen LogP contribution in [-0.4, -0.2) is 26.8 Å². The monoisotopic (exact) mass is 339 g/mol. The Kier molecular flexibility index (Phi) is 3.80. The second-order valence-electron chi connectivity index (χ2n) is 4.73. The molecule has 2 aromatic heterocycles. The lowest BCUT2D eigenvalue weighted by Gasteiger charge is -2.08. The van der Waals surface area contributed by atoms with Crippen molar-refractivity contribution in [1.82, 2.24) is 19.7 Å². The zero-order chi connectivity index (χ0) is 16.6. The number of anilines is 1. The van der Waals surface area contributed by atoms with E-state index in [0.717, 1.165) is 17.3 Å². The SMILES string of the molecule is CNc1nc(-c2nc(C)nn2-c2ccc(C(F)(F)F)cc2)cs1. The average Bonchev–Trinajstić information content (AvgIpc) is 3.12. The maximum absolute atomic E-state index is 12.7. The van der Waals surface area contributed by atoms with Crippen molar-refractivity contribution in [3.8, 4) is 17.2 Å². The van der Waals surface area contributed by atoms with Crippen LogP contribution in [0.15, 0.2) is 29.6 Å². The summed E-state index contributed by atoms with van der Waals surface area (Å²) in [4.78, 5) is 8.68. The van der Waals surface area contributed by atoms with E-state index in [1.807, 2.05) is 5.38 Å². The molecule has 3 rings (SSSR count). The highest BCUT2D eigenvalue weighted by Gasteiger charge is 2.30. The third-order valence-corrected chi connectivity index (χ3v) is 3.96. The lowest BCUT2D eigenvalue weighted by Crippen LogP contribution is -2.06. The van der Waals surface area contributed by atoms with Gasteiger partial charge in [-0.1, -0.05) is 0 Å². The maximum atomic E-state index is 12.7. The largest absolute Gasteiger partial charge is 0.416 e. The molecule has 1 aromatic carbocycles. The van der Waals surface area contributed by atoms with Crippen molar-refractivity contribution in [1.29, 1.82) is 0 Å². The minimum Gasteiger partial charge on any atom is -0.365 e. The maximum Gasteiger partial charge on any atom is 0.416 e. The Labute approximate surface area is 133 Å². The van der Waals surface area contributed by atoms with Gasteiger partial charge in [-0.25, -0.2) is 14.6 Å². The van der Waals surface area contributed by atoms with Gasteiger partial charge in [0.25, 0.3) is 0 Å². The van der Waals surface area contributed by atoms with Gasteiger partial charge in [0.2, 0.25) is 0 Å². The van der Waals surface area contributed by atoms with E-state index < -0.39 is 11.7 Å². The number of thiazole rings is 1. The molecule has 23 heavy (non-hydrogen) atoms. The second-order valence-corrected chi connectivity index (χ2v) is 5.59. The van der Waals surface area contributed by atoms with Gasteiger partial charge in [0, 0.05) is 12.4 Å². The Morgan fingerprint density at radius 3 is 2.39 bits per heavy atom. The first kappa shape index (κ1) is 15.5. The molecule has 1 N–H and O–H groups in total. The van der Waals surface area contributed by atoms with Gasteiger partial charge < -0.3 is 5.32 Å². The highest BCUT2D eigenvalue weighted by Crippen LogP contribution is 2.30. The van der Waals surface area contributed by atoms with Gasteiger partial charge in [-0.2, -0.15) is 18.3 Å². The predicted octanol–water partition coefficient (Wildman–Crippen LogP) is 3.76. The zero-order valence-electron chi connectivity index (χ0n) is 12.2. The second kappa shape index (κ2) is 5.65. The van der Waals surface area contributed by atoms with Crippen LogP contribution in [0, 0.1) is 6.92 Å². The Bertz CT molecular complexity index is 820. The summed E-state index contributed by atoms with van der Waals surface area (Å²) in [6.07, 6.45) is -4.36. The van der Waals surface area contributed by atoms with Crippen LogP contribution in [0.3, 0.4) is 0 Å². The van der Waals surface area contributed by atoms with E-state index in [2.05, 4.69) is 20.4 Å². The Hall–Kier alpha value is -2.42. The molecule has 9 heteroatoms. The summed E-state index contributed by atoms with van der Waals surface area (Å²) < 4.78 is 39.5. The summed E-state index contributed by atoms with van der Waals surface area (Å²) in [6.45, 7) is 1.72. The number of nitrogens with one attached hydrogen (secondary N) is 1. The fourth-order valence-electron chi connectivity index (χ4n) is 2.04. The summed E-state index contributed by atoms with van der Waals surface area (Å²) in [5.41, 5.74) is 0.401. The molecule has 0 aliphatic carbocycles. The van der Waals surface area contributed by atoms with Crippen molar-refractivity contribution in [3.63, 3.8) is 0 Å². The van der Waals surface area contributed by atoms with Crippen molar-refractivity contribution in [3.05, 3.63) is 41.0 Å². The molecule has 0 fully saturated rings. The zero-order valence-corrected chi connectivity index (χ0v) is 13.0. The van der Waals surface area contributed by atoms with Gasteiger partial charge in [-0.3, -0.25) is 0 Å². The lowest BCUT2D eigenvalue weighted by molar-refractivity contribution is -0.137. The van der Waals surface area contributed by atoms with Crippen LogP contribution in [0.4, 0.5) is 18.3 Å². The van der Waals surface area contributed by atoms with E-state index in [-0.39, 0.29) is 0 Å². The number of aromatic nitrogens is 4. The van der Waals surface area contributed by atoms with E-state index in [1.165, 1.54) is 28.2 Å². The number of hydrogen-bond acceptors (Lipinski definition) is 5. The number of aryl methyl sites for hydroxylation is 1. The predicted molar refractivity (Wildman–Crippen MR) is 81.8 cm³/mol. The normalized spacial score (nSPS) is 11.7. The fourth-order valence-corrected chi connectivity index (χ4v) is 2.69. The van der Waals surface area contributed by atoms with E-state index in [1.54, 1.807) is 14.0 Å². The van der Waals surface area contributed by atoms with Gasteiger partial charge in [-0.15, -0.1) is 11.3 Å². The highest BCUT2D eigenvalue weighted by molar-refractivity contribution is 7.14. The van der Waals surface area contributed by atoms with Gasteiger partial charge in [-0.05, 0) is 31.2 Å². The summed E-state index contributed by atoms with van der Waals surface area (Å²) in [7, 11) is 1.76. The minimum absolute atomic E-state index is 0.486. The molecule has 0 saturated carbocycles. The van der Waals surface area contributed by atoms with Gasteiger partial charge >= 0.3 is 6.18 Å². The van der Waals surface area contributed by atoms with Gasteiger partial charge in [0.1, 0.15) is 11.5 Å². The van der Waals surface area contributed by atoms with Crippen molar-refractivity contribution >= 4 is 16.5 Å². The molecular formula is C14H12F3N5S. The van der Waals surface area contributed by atoms with Crippen LogP contribution in [0.25, 0.3) is 17.2 Å². The Morgan fingerprint density at radius 1 is 1.13 bits per heavy atom.